The van der Waals surface area contributed by atoms with E-state index in [1.54, 1.807) is 9.80 Å². The Bertz CT molecular complexity index is 538. The topological polar surface area (TPSA) is 65.1 Å². The van der Waals surface area contributed by atoms with Crippen LogP contribution in [0.1, 0.15) is 6.42 Å². The van der Waals surface area contributed by atoms with Gasteiger partial charge in [-0.15, -0.1) is 0 Å². The minimum absolute atomic E-state index is 0.0804. The molecule has 2 rings (SSSR count). The molecular weight excluding hydrogens is 308 g/mol. The molecule has 0 bridgehead atoms. The number of hydrogen-bond acceptors (Lipinski definition) is 4. The maximum absolute atomic E-state index is 12.3. The average molecular weight is 334 g/mol. The SMILES string of the molecule is COC(=O)N1CCCN(C(=O)NCCN(C)c2ccccc2)CC1. The quantitative estimate of drug-likeness (QED) is 0.908. The lowest BCUT2D eigenvalue weighted by Gasteiger charge is -2.23. The Hall–Kier alpha value is -2.44. The molecule has 7 heteroatoms. The van der Waals surface area contributed by atoms with Crippen molar-refractivity contribution in [2.75, 3.05) is 58.3 Å². The molecule has 1 N–H and O–H groups in total. The fourth-order valence-corrected chi connectivity index (χ4v) is 2.69. The third kappa shape index (κ3) is 5.04. The summed E-state index contributed by atoms with van der Waals surface area (Å²) in [6.07, 6.45) is 0.425. The van der Waals surface area contributed by atoms with Crippen LogP contribution in [0.15, 0.2) is 30.3 Å². The van der Waals surface area contributed by atoms with Gasteiger partial charge in [0, 0.05) is 52.0 Å². The van der Waals surface area contributed by atoms with Crippen molar-refractivity contribution in [3.63, 3.8) is 0 Å². The first-order valence-electron chi connectivity index (χ1n) is 8.23. The number of anilines is 1. The standard InChI is InChI=1S/C17H26N4O3/c1-19(15-7-4-3-5-8-15)12-9-18-16(22)20-10-6-11-21(14-13-20)17(23)24-2/h3-5,7-8H,6,9-14H2,1-2H3,(H,18,22). The van der Waals surface area contributed by atoms with Gasteiger partial charge in [0.1, 0.15) is 0 Å². The van der Waals surface area contributed by atoms with Gasteiger partial charge in [0.05, 0.1) is 7.11 Å². The van der Waals surface area contributed by atoms with Gasteiger partial charge >= 0.3 is 12.1 Å². The highest BCUT2D eigenvalue weighted by Gasteiger charge is 2.22. The van der Waals surface area contributed by atoms with Crippen LogP contribution in [0.5, 0.6) is 0 Å². The molecule has 1 aromatic carbocycles. The molecule has 1 aliphatic rings. The Morgan fingerprint density at radius 3 is 2.50 bits per heavy atom. The molecule has 3 amide bonds. The van der Waals surface area contributed by atoms with E-state index in [0.717, 1.165) is 18.7 Å². The number of para-hydroxylation sites is 1. The number of carbonyl (C=O) groups is 2. The van der Waals surface area contributed by atoms with E-state index < -0.39 is 0 Å². The van der Waals surface area contributed by atoms with Crippen molar-refractivity contribution in [2.24, 2.45) is 0 Å². The average Bonchev–Trinajstić information content (AvgIpc) is 2.87. The summed E-state index contributed by atoms with van der Waals surface area (Å²) in [5.74, 6) is 0. The van der Waals surface area contributed by atoms with Gasteiger partial charge in [0.15, 0.2) is 0 Å². The highest BCUT2D eigenvalue weighted by molar-refractivity contribution is 5.74. The predicted molar refractivity (Wildman–Crippen MR) is 93.3 cm³/mol. The van der Waals surface area contributed by atoms with Crippen LogP contribution in [0.4, 0.5) is 15.3 Å². The van der Waals surface area contributed by atoms with Crippen LogP contribution in [-0.4, -0.2) is 75.4 Å². The number of amides is 3. The third-order valence-corrected chi connectivity index (χ3v) is 4.14. The first-order chi connectivity index (χ1) is 11.6. The van der Waals surface area contributed by atoms with Gasteiger partial charge in [-0.3, -0.25) is 0 Å². The Morgan fingerprint density at radius 2 is 1.79 bits per heavy atom. The summed E-state index contributed by atoms with van der Waals surface area (Å²) < 4.78 is 4.74. The van der Waals surface area contributed by atoms with E-state index in [-0.39, 0.29) is 12.1 Å². The lowest BCUT2D eigenvalue weighted by Crippen LogP contribution is -2.44. The van der Waals surface area contributed by atoms with E-state index in [1.165, 1.54) is 7.11 Å². The molecule has 1 fully saturated rings. The Kier molecular flexibility index (Phi) is 6.72. The number of benzene rings is 1. The lowest BCUT2D eigenvalue weighted by molar-refractivity contribution is 0.125. The number of ether oxygens (including phenoxy) is 1. The molecule has 0 atom stereocenters. The first-order valence-corrected chi connectivity index (χ1v) is 8.23. The summed E-state index contributed by atoms with van der Waals surface area (Å²) in [6, 6.07) is 9.97. The van der Waals surface area contributed by atoms with Gasteiger partial charge < -0.3 is 24.8 Å². The predicted octanol–water partition coefficient (Wildman–Crippen LogP) is 1.61. The van der Waals surface area contributed by atoms with Crippen molar-refractivity contribution in [2.45, 2.75) is 6.42 Å². The second kappa shape index (κ2) is 9.00. The molecule has 0 aromatic heterocycles. The maximum atomic E-state index is 12.3. The Morgan fingerprint density at radius 1 is 1.12 bits per heavy atom. The molecule has 0 spiro atoms. The Balaban J connectivity index is 1.73. The van der Waals surface area contributed by atoms with E-state index in [9.17, 15) is 9.59 Å². The van der Waals surface area contributed by atoms with E-state index in [2.05, 4.69) is 10.2 Å². The maximum Gasteiger partial charge on any atom is 0.409 e. The lowest BCUT2D eigenvalue weighted by atomic mass is 10.3. The summed E-state index contributed by atoms with van der Waals surface area (Å²) in [5, 5.41) is 2.95. The van der Waals surface area contributed by atoms with Crippen LogP contribution < -0.4 is 10.2 Å². The number of rotatable bonds is 4. The fraction of sp³-hybridized carbons (Fsp3) is 0.529. The van der Waals surface area contributed by atoms with Crippen LogP contribution in [0.25, 0.3) is 0 Å². The van der Waals surface area contributed by atoms with Crippen LogP contribution >= 0.6 is 0 Å². The van der Waals surface area contributed by atoms with Crippen molar-refractivity contribution in [1.82, 2.24) is 15.1 Å². The van der Waals surface area contributed by atoms with Crippen LogP contribution in [0, 0.1) is 0 Å². The summed E-state index contributed by atoms with van der Waals surface area (Å²) in [6.45, 7) is 3.60. The van der Waals surface area contributed by atoms with Gasteiger partial charge in [-0.25, -0.2) is 9.59 Å². The molecule has 0 saturated carbocycles. The minimum atomic E-state index is -0.332. The number of nitrogens with one attached hydrogen (secondary N) is 1. The first kappa shape index (κ1) is 17.9. The zero-order valence-electron chi connectivity index (χ0n) is 14.4. The number of likely N-dealkylation sites (N-methyl/N-ethyl adjacent to an activating group) is 1. The Labute approximate surface area is 143 Å². The molecule has 1 aliphatic heterocycles. The monoisotopic (exact) mass is 334 g/mol. The zero-order chi connectivity index (χ0) is 17.4. The van der Waals surface area contributed by atoms with Crippen molar-refractivity contribution >= 4 is 17.8 Å². The van der Waals surface area contributed by atoms with E-state index in [1.807, 2.05) is 37.4 Å². The molecule has 0 radical (unpaired) electrons. The van der Waals surface area contributed by atoms with Crippen molar-refractivity contribution in [3.05, 3.63) is 30.3 Å². The summed E-state index contributed by atoms with van der Waals surface area (Å²) >= 11 is 0. The molecule has 7 nitrogen and oxygen atoms in total. The molecule has 0 unspecified atom stereocenters. The molecule has 1 heterocycles. The highest BCUT2D eigenvalue weighted by Crippen LogP contribution is 2.10. The van der Waals surface area contributed by atoms with Gasteiger partial charge in [-0.2, -0.15) is 0 Å². The summed E-state index contributed by atoms with van der Waals surface area (Å²) in [7, 11) is 3.38. The summed E-state index contributed by atoms with van der Waals surface area (Å²) in [5.41, 5.74) is 1.12. The molecule has 1 aromatic rings. The minimum Gasteiger partial charge on any atom is -0.453 e. The molecule has 132 valence electrons. The number of carbonyl (C=O) groups excluding carboxylic acids is 2. The number of nitrogens with zero attached hydrogens (tertiary/aromatic N) is 3. The van der Waals surface area contributed by atoms with Gasteiger partial charge in [0.25, 0.3) is 0 Å². The number of methoxy groups -OCH3 is 1. The normalized spacial score (nSPS) is 14.8. The third-order valence-electron chi connectivity index (χ3n) is 4.14. The summed E-state index contributed by atoms with van der Waals surface area (Å²) in [4.78, 5) is 29.3. The van der Waals surface area contributed by atoms with Crippen LogP contribution in [0.3, 0.4) is 0 Å². The molecular formula is C17H26N4O3. The van der Waals surface area contributed by atoms with E-state index in [4.69, 9.17) is 4.74 Å². The van der Waals surface area contributed by atoms with E-state index in [0.29, 0.717) is 32.7 Å². The number of urea groups is 1. The number of hydrogen-bond donors (Lipinski definition) is 1. The fourth-order valence-electron chi connectivity index (χ4n) is 2.69. The second-order valence-electron chi connectivity index (χ2n) is 5.79. The van der Waals surface area contributed by atoms with Crippen LogP contribution in [0.2, 0.25) is 0 Å². The van der Waals surface area contributed by atoms with Crippen molar-refractivity contribution in [3.8, 4) is 0 Å². The molecule has 24 heavy (non-hydrogen) atoms. The van der Waals surface area contributed by atoms with Crippen LogP contribution in [-0.2, 0) is 4.74 Å². The van der Waals surface area contributed by atoms with Crippen molar-refractivity contribution < 1.29 is 14.3 Å². The van der Waals surface area contributed by atoms with Crippen molar-refractivity contribution in [1.29, 1.82) is 0 Å². The highest BCUT2D eigenvalue weighted by atomic mass is 16.5. The zero-order valence-corrected chi connectivity index (χ0v) is 14.4. The smallest absolute Gasteiger partial charge is 0.409 e. The molecule has 0 aliphatic carbocycles. The molecule has 1 saturated heterocycles. The van der Waals surface area contributed by atoms with E-state index >= 15 is 0 Å². The van der Waals surface area contributed by atoms with Gasteiger partial charge in [0.2, 0.25) is 0 Å². The second-order valence-corrected chi connectivity index (χ2v) is 5.79. The van der Waals surface area contributed by atoms with Gasteiger partial charge in [-0.1, -0.05) is 18.2 Å². The van der Waals surface area contributed by atoms with Gasteiger partial charge in [-0.05, 0) is 18.6 Å². The largest absolute Gasteiger partial charge is 0.453 e.